The molecule has 3 heterocycles. The maximum absolute atomic E-state index is 12.9. The van der Waals surface area contributed by atoms with Crippen molar-refractivity contribution in [2.75, 3.05) is 26.2 Å². The fraction of sp³-hybridized carbons (Fsp3) is 0.429. The molecular formula is C21H24ClN5O3. The average Bonchev–Trinajstić information content (AvgIpc) is 3.35. The number of halogens is 1. The summed E-state index contributed by atoms with van der Waals surface area (Å²) < 4.78 is 1.59. The topological polar surface area (TPSA) is 87.5 Å². The minimum atomic E-state index is -0.310. The van der Waals surface area contributed by atoms with Gasteiger partial charge in [0.15, 0.2) is 5.69 Å². The highest BCUT2D eigenvalue weighted by Gasteiger charge is 2.28. The number of nitrogens with one attached hydrogen (secondary N) is 1. The van der Waals surface area contributed by atoms with Crippen LogP contribution in [0.1, 0.15) is 45.8 Å². The van der Waals surface area contributed by atoms with Gasteiger partial charge in [0.2, 0.25) is 5.91 Å². The Morgan fingerprint density at radius 2 is 1.97 bits per heavy atom. The molecule has 0 aliphatic carbocycles. The third kappa shape index (κ3) is 4.33. The number of hydrogen-bond donors (Lipinski definition) is 1. The molecule has 0 saturated carbocycles. The van der Waals surface area contributed by atoms with E-state index >= 15 is 0 Å². The van der Waals surface area contributed by atoms with Gasteiger partial charge < -0.3 is 15.1 Å². The highest BCUT2D eigenvalue weighted by molar-refractivity contribution is 6.31. The molecule has 9 heteroatoms. The largest absolute Gasteiger partial charge is 0.351 e. The van der Waals surface area contributed by atoms with Crippen LogP contribution < -0.4 is 5.32 Å². The lowest BCUT2D eigenvalue weighted by atomic mass is 10.2. The van der Waals surface area contributed by atoms with Crippen LogP contribution in [0.5, 0.6) is 0 Å². The van der Waals surface area contributed by atoms with Crippen LogP contribution in [0.25, 0.3) is 0 Å². The number of likely N-dealkylation sites (tertiary alicyclic amines) is 1. The molecule has 2 aliphatic rings. The van der Waals surface area contributed by atoms with E-state index in [4.69, 9.17) is 11.6 Å². The van der Waals surface area contributed by atoms with Crippen LogP contribution in [0.15, 0.2) is 30.3 Å². The van der Waals surface area contributed by atoms with Crippen molar-refractivity contribution < 1.29 is 14.4 Å². The third-order valence-electron chi connectivity index (χ3n) is 5.48. The summed E-state index contributed by atoms with van der Waals surface area (Å²) in [6, 6.07) is 8.99. The molecule has 0 bridgehead atoms. The Morgan fingerprint density at radius 1 is 1.13 bits per heavy atom. The molecule has 0 unspecified atom stereocenters. The zero-order chi connectivity index (χ0) is 21.1. The van der Waals surface area contributed by atoms with Gasteiger partial charge in [-0.3, -0.25) is 19.1 Å². The number of benzene rings is 1. The Labute approximate surface area is 179 Å². The lowest BCUT2D eigenvalue weighted by Gasteiger charge is -2.27. The number of carbonyl (C=O) groups is 3. The molecule has 0 atom stereocenters. The Morgan fingerprint density at radius 3 is 2.73 bits per heavy atom. The molecule has 8 nitrogen and oxygen atoms in total. The van der Waals surface area contributed by atoms with Gasteiger partial charge in [-0.2, -0.15) is 5.10 Å². The summed E-state index contributed by atoms with van der Waals surface area (Å²) in [7, 11) is 0. The van der Waals surface area contributed by atoms with E-state index in [0.717, 1.165) is 18.5 Å². The highest BCUT2D eigenvalue weighted by atomic mass is 35.5. The molecule has 30 heavy (non-hydrogen) atoms. The summed E-state index contributed by atoms with van der Waals surface area (Å²) in [6.45, 7) is 3.35. The summed E-state index contributed by atoms with van der Waals surface area (Å²) in [6.07, 6.45) is 2.22. The number of hydrogen-bond acceptors (Lipinski definition) is 4. The number of amides is 3. The quantitative estimate of drug-likeness (QED) is 0.681. The summed E-state index contributed by atoms with van der Waals surface area (Å²) in [5, 5.41) is 7.75. The molecule has 1 fully saturated rings. The summed E-state index contributed by atoms with van der Waals surface area (Å²) in [5.74, 6) is -0.293. The maximum atomic E-state index is 12.9. The fourth-order valence-corrected chi connectivity index (χ4v) is 4.03. The zero-order valence-corrected chi connectivity index (χ0v) is 17.4. The standard InChI is InChI=1S/C21H24ClN5O3/c22-16-6-2-1-5-15(16)14-26-11-12-27-18(21(26)30)13-17(24-27)20(29)23-8-4-10-25-9-3-7-19(25)28/h1-2,5-6,13H,3-4,7-12,14H2,(H,23,29). The van der Waals surface area contributed by atoms with Crippen molar-refractivity contribution >= 4 is 29.3 Å². The van der Waals surface area contributed by atoms with Gasteiger partial charge in [-0.1, -0.05) is 29.8 Å². The van der Waals surface area contributed by atoms with Crippen molar-refractivity contribution in [2.45, 2.75) is 32.4 Å². The smallest absolute Gasteiger partial charge is 0.272 e. The Bertz CT molecular complexity index is 973. The van der Waals surface area contributed by atoms with Crippen molar-refractivity contribution in [3.8, 4) is 0 Å². The molecule has 158 valence electrons. The zero-order valence-electron chi connectivity index (χ0n) is 16.6. The van der Waals surface area contributed by atoms with Crippen LogP contribution in [-0.2, 0) is 17.9 Å². The highest BCUT2D eigenvalue weighted by Crippen LogP contribution is 2.21. The fourth-order valence-electron chi connectivity index (χ4n) is 3.84. The first-order chi connectivity index (χ1) is 14.5. The van der Waals surface area contributed by atoms with Gasteiger partial charge in [0.05, 0.1) is 6.54 Å². The predicted molar refractivity (Wildman–Crippen MR) is 111 cm³/mol. The predicted octanol–water partition coefficient (Wildman–Crippen LogP) is 1.93. The third-order valence-corrected chi connectivity index (χ3v) is 5.85. The van der Waals surface area contributed by atoms with Crippen molar-refractivity contribution in [3.05, 3.63) is 52.3 Å². The lowest BCUT2D eigenvalue weighted by molar-refractivity contribution is -0.127. The second kappa shape index (κ2) is 8.87. The Kier molecular flexibility index (Phi) is 6.03. The van der Waals surface area contributed by atoms with E-state index in [2.05, 4.69) is 10.4 Å². The minimum Gasteiger partial charge on any atom is -0.351 e. The first-order valence-corrected chi connectivity index (χ1v) is 10.6. The van der Waals surface area contributed by atoms with Crippen LogP contribution in [0, 0.1) is 0 Å². The molecule has 1 aromatic heterocycles. The van der Waals surface area contributed by atoms with Crippen LogP contribution in [0.3, 0.4) is 0 Å². The molecule has 0 radical (unpaired) electrons. The van der Waals surface area contributed by atoms with E-state index in [0.29, 0.717) is 56.3 Å². The first-order valence-electron chi connectivity index (χ1n) is 10.2. The number of nitrogens with zero attached hydrogens (tertiary/aromatic N) is 4. The average molecular weight is 430 g/mol. The van der Waals surface area contributed by atoms with E-state index in [-0.39, 0.29) is 23.4 Å². The number of rotatable bonds is 7. The van der Waals surface area contributed by atoms with Gasteiger partial charge in [-0.25, -0.2) is 0 Å². The van der Waals surface area contributed by atoms with Gasteiger partial charge in [0, 0.05) is 50.2 Å². The van der Waals surface area contributed by atoms with Gasteiger partial charge in [-0.05, 0) is 24.5 Å². The molecule has 1 N–H and O–H groups in total. The van der Waals surface area contributed by atoms with Gasteiger partial charge in [0.1, 0.15) is 5.69 Å². The second-order valence-corrected chi connectivity index (χ2v) is 7.96. The number of fused-ring (bicyclic) bond motifs is 1. The van der Waals surface area contributed by atoms with Crippen LogP contribution in [-0.4, -0.2) is 63.5 Å². The van der Waals surface area contributed by atoms with Crippen molar-refractivity contribution in [3.63, 3.8) is 0 Å². The van der Waals surface area contributed by atoms with E-state index in [9.17, 15) is 14.4 Å². The summed E-state index contributed by atoms with van der Waals surface area (Å²) in [5.41, 5.74) is 1.52. The summed E-state index contributed by atoms with van der Waals surface area (Å²) >= 11 is 6.22. The van der Waals surface area contributed by atoms with Crippen LogP contribution in [0.4, 0.5) is 0 Å². The van der Waals surface area contributed by atoms with Crippen LogP contribution in [0.2, 0.25) is 5.02 Å². The normalized spacial score (nSPS) is 16.2. The van der Waals surface area contributed by atoms with Gasteiger partial charge in [0.25, 0.3) is 11.8 Å². The first kappa shape index (κ1) is 20.4. The van der Waals surface area contributed by atoms with E-state index in [1.807, 2.05) is 23.1 Å². The Hall–Kier alpha value is -2.87. The number of aromatic nitrogens is 2. The monoisotopic (exact) mass is 429 g/mol. The number of carbonyl (C=O) groups excluding carboxylic acids is 3. The van der Waals surface area contributed by atoms with Gasteiger partial charge in [-0.15, -0.1) is 0 Å². The molecule has 2 aliphatic heterocycles. The van der Waals surface area contributed by atoms with Crippen molar-refractivity contribution in [2.24, 2.45) is 0 Å². The van der Waals surface area contributed by atoms with E-state index in [1.165, 1.54) is 0 Å². The van der Waals surface area contributed by atoms with E-state index < -0.39 is 0 Å². The van der Waals surface area contributed by atoms with Crippen molar-refractivity contribution in [1.82, 2.24) is 24.9 Å². The van der Waals surface area contributed by atoms with Crippen LogP contribution >= 0.6 is 11.6 Å². The van der Waals surface area contributed by atoms with Gasteiger partial charge >= 0.3 is 0 Å². The SMILES string of the molecule is O=C(NCCCN1CCCC1=O)c1cc2n(n1)CCN(Cc1ccccc1Cl)C2=O. The van der Waals surface area contributed by atoms with E-state index in [1.54, 1.807) is 21.7 Å². The maximum Gasteiger partial charge on any atom is 0.272 e. The second-order valence-electron chi connectivity index (χ2n) is 7.55. The molecule has 4 rings (SSSR count). The Balaban J connectivity index is 1.33. The molecule has 1 aromatic carbocycles. The minimum absolute atomic E-state index is 0.166. The molecule has 0 spiro atoms. The molecular weight excluding hydrogens is 406 g/mol. The van der Waals surface area contributed by atoms with Crippen molar-refractivity contribution in [1.29, 1.82) is 0 Å². The molecule has 2 aromatic rings. The molecule has 3 amide bonds. The summed E-state index contributed by atoms with van der Waals surface area (Å²) in [4.78, 5) is 40.4. The lowest BCUT2D eigenvalue weighted by Crippen LogP contribution is -2.39. The molecule has 1 saturated heterocycles.